The first-order valence-corrected chi connectivity index (χ1v) is 15.5. The van der Waals surface area contributed by atoms with Crippen molar-refractivity contribution >= 4 is 57.8 Å². The van der Waals surface area contributed by atoms with Crippen LogP contribution in [-0.4, -0.2) is 67.9 Å². The number of ether oxygens (including phenoxy) is 1. The molecule has 1 aliphatic carbocycles. The third kappa shape index (κ3) is 7.14. The fourth-order valence-electron chi connectivity index (χ4n) is 5.67. The molecule has 1 amide bonds. The molecule has 42 heavy (non-hydrogen) atoms. The van der Waals surface area contributed by atoms with E-state index in [1.165, 1.54) is 18.0 Å². The van der Waals surface area contributed by atoms with Crippen molar-refractivity contribution in [2.24, 2.45) is 13.0 Å². The number of aryl methyl sites for hydroxylation is 1. The van der Waals surface area contributed by atoms with Gasteiger partial charge in [-0.05, 0) is 62.3 Å². The van der Waals surface area contributed by atoms with E-state index in [0.717, 1.165) is 43.8 Å². The van der Waals surface area contributed by atoms with Crippen LogP contribution in [0.25, 0.3) is 10.9 Å². The number of amides is 1. The van der Waals surface area contributed by atoms with Gasteiger partial charge in [0, 0.05) is 31.4 Å². The summed E-state index contributed by atoms with van der Waals surface area (Å²) in [6.45, 7) is 1.40. The minimum Gasteiger partial charge on any atom is -0.481 e. The van der Waals surface area contributed by atoms with Gasteiger partial charge in [-0.2, -0.15) is 5.10 Å². The Balaban J connectivity index is 1.11. The van der Waals surface area contributed by atoms with Crippen LogP contribution in [0.15, 0.2) is 36.4 Å². The molecule has 0 spiro atoms. The number of benzene rings is 2. The van der Waals surface area contributed by atoms with E-state index >= 15 is 4.39 Å². The van der Waals surface area contributed by atoms with E-state index in [1.807, 2.05) is 18.2 Å². The van der Waals surface area contributed by atoms with Gasteiger partial charge >= 0.3 is 5.97 Å². The van der Waals surface area contributed by atoms with Crippen LogP contribution in [0, 0.1) is 11.7 Å². The Bertz CT molecular complexity index is 1480. The molecule has 1 aromatic heterocycles. The highest BCUT2D eigenvalue weighted by molar-refractivity contribution is 7.97. The lowest BCUT2D eigenvalue weighted by atomic mass is 9.87. The van der Waals surface area contributed by atoms with Crippen molar-refractivity contribution in [1.82, 2.24) is 14.1 Å². The maximum absolute atomic E-state index is 15.0. The van der Waals surface area contributed by atoms with E-state index < -0.39 is 17.7 Å². The summed E-state index contributed by atoms with van der Waals surface area (Å²) in [5.74, 6) is -2.06. The lowest BCUT2D eigenvalue weighted by Crippen LogP contribution is -2.33. The number of aliphatic carboxylic acids is 1. The molecule has 2 heterocycles. The van der Waals surface area contributed by atoms with Gasteiger partial charge in [-0.3, -0.25) is 19.1 Å². The molecule has 1 atom stereocenters. The highest BCUT2D eigenvalue weighted by Crippen LogP contribution is 2.31. The monoisotopic (exact) mass is 616 g/mol. The van der Waals surface area contributed by atoms with Crippen molar-refractivity contribution in [2.45, 2.75) is 57.1 Å². The van der Waals surface area contributed by atoms with Crippen molar-refractivity contribution in [3.63, 3.8) is 0 Å². The first-order valence-electron chi connectivity index (χ1n) is 14.2. The average molecular weight is 617 g/mol. The zero-order valence-electron chi connectivity index (χ0n) is 23.4. The smallest absolute Gasteiger partial charge is 0.306 e. The molecule has 0 unspecified atom stereocenters. The molecule has 2 fully saturated rings. The molecule has 1 saturated heterocycles. The fraction of sp³-hybridized carbons (Fsp3) is 0.467. The summed E-state index contributed by atoms with van der Waals surface area (Å²) >= 11 is 7.82. The zero-order valence-corrected chi connectivity index (χ0v) is 24.9. The summed E-state index contributed by atoms with van der Waals surface area (Å²) in [6, 6.07) is 10.0. The Morgan fingerprint density at radius 2 is 1.93 bits per heavy atom. The SMILES string of the molecule is Cn1nc(C(=O)Nc2cc(F)c(CC(=O)CSN3CCC[C@H]3COC3CCC(C(=O)O)CC3)cc2Cl)c2ccccc21. The van der Waals surface area contributed by atoms with Crippen LogP contribution in [0.2, 0.25) is 5.02 Å². The second-order valence-electron chi connectivity index (χ2n) is 10.9. The summed E-state index contributed by atoms with van der Waals surface area (Å²) in [7, 11) is 1.74. The molecule has 0 bridgehead atoms. The maximum Gasteiger partial charge on any atom is 0.306 e. The number of aromatic nitrogens is 2. The number of Topliss-reactive ketones (excluding diaryl/α,β-unsaturated/α-hetero) is 1. The molecule has 2 aromatic carbocycles. The van der Waals surface area contributed by atoms with E-state index in [9.17, 15) is 19.5 Å². The van der Waals surface area contributed by atoms with Crippen LogP contribution >= 0.6 is 23.5 Å². The highest BCUT2D eigenvalue weighted by Gasteiger charge is 2.30. The quantitative estimate of drug-likeness (QED) is 0.272. The van der Waals surface area contributed by atoms with Crippen molar-refractivity contribution in [2.75, 3.05) is 24.2 Å². The van der Waals surface area contributed by atoms with E-state index in [-0.39, 0.29) is 58.0 Å². The number of halogens is 2. The highest BCUT2D eigenvalue weighted by atomic mass is 35.5. The predicted molar refractivity (Wildman–Crippen MR) is 160 cm³/mol. The van der Waals surface area contributed by atoms with Gasteiger partial charge in [0.1, 0.15) is 11.6 Å². The molecule has 2 N–H and O–H groups in total. The Morgan fingerprint density at radius 3 is 2.69 bits per heavy atom. The molecule has 5 rings (SSSR count). The molecule has 3 aromatic rings. The molecule has 12 heteroatoms. The first kappa shape index (κ1) is 30.5. The molecular formula is C30H34ClFN4O5S. The molecular weight excluding hydrogens is 583 g/mol. The number of fused-ring (bicyclic) bond motifs is 1. The van der Waals surface area contributed by atoms with Gasteiger partial charge in [0.05, 0.1) is 40.6 Å². The van der Waals surface area contributed by atoms with Crippen LogP contribution in [0.1, 0.15) is 54.6 Å². The number of hydrogen-bond donors (Lipinski definition) is 2. The third-order valence-corrected chi connectivity index (χ3v) is 9.58. The number of anilines is 1. The summed E-state index contributed by atoms with van der Waals surface area (Å²) in [4.78, 5) is 36.9. The number of carbonyl (C=O) groups is 3. The second kappa shape index (κ2) is 13.5. The van der Waals surface area contributed by atoms with Crippen LogP contribution in [0.4, 0.5) is 10.1 Å². The van der Waals surface area contributed by atoms with Crippen LogP contribution in [-0.2, 0) is 27.8 Å². The largest absolute Gasteiger partial charge is 0.481 e. The minimum atomic E-state index is -0.726. The van der Waals surface area contributed by atoms with E-state index in [0.29, 0.717) is 24.8 Å². The van der Waals surface area contributed by atoms with Gasteiger partial charge in [-0.15, -0.1) is 0 Å². The summed E-state index contributed by atoms with van der Waals surface area (Å²) in [5.41, 5.74) is 1.28. The molecule has 1 saturated carbocycles. The van der Waals surface area contributed by atoms with Crippen molar-refractivity contribution in [3.8, 4) is 0 Å². The van der Waals surface area contributed by atoms with Crippen LogP contribution in [0.5, 0.6) is 0 Å². The number of para-hydroxylation sites is 1. The number of hydrogen-bond acceptors (Lipinski definition) is 7. The number of carboxylic acids is 1. The Hall–Kier alpha value is -2.99. The van der Waals surface area contributed by atoms with Gasteiger partial charge in [0.15, 0.2) is 5.69 Å². The molecule has 1 aliphatic heterocycles. The molecule has 2 aliphatic rings. The lowest BCUT2D eigenvalue weighted by molar-refractivity contribution is -0.143. The fourth-order valence-corrected chi connectivity index (χ4v) is 6.95. The Kier molecular flexibility index (Phi) is 9.82. The van der Waals surface area contributed by atoms with E-state index in [1.54, 1.807) is 17.8 Å². The predicted octanol–water partition coefficient (Wildman–Crippen LogP) is 5.50. The van der Waals surface area contributed by atoms with Gasteiger partial charge in [-0.1, -0.05) is 41.7 Å². The summed E-state index contributed by atoms with van der Waals surface area (Å²) in [6.07, 6.45) is 4.75. The number of carboxylic acid groups (broad SMARTS) is 1. The van der Waals surface area contributed by atoms with E-state index in [2.05, 4.69) is 14.7 Å². The molecule has 0 radical (unpaired) electrons. The topological polar surface area (TPSA) is 114 Å². The number of ketones is 1. The molecule has 9 nitrogen and oxygen atoms in total. The van der Waals surface area contributed by atoms with Crippen LogP contribution < -0.4 is 5.32 Å². The molecule has 224 valence electrons. The maximum atomic E-state index is 15.0. The summed E-state index contributed by atoms with van der Waals surface area (Å²) < 4.78 is 24.9. The Labute approximate surface area is 252 Å². The number of nitrogens with one attached hydrogen (secondary N) is 1. The minimum absolute atomic E-state index is 0.0819. The number of nitrogens with zero attached hydrogens (tertiary/aromatic N) is 3. The van der Waals surface area contributed by atoms with Gasteiger partial charge in [0.2, 0.25) is 0 Å². The Morgan fingerprint density at radius 1 is 1.17 bits per heavy atom. The average Bonchev–Trinajstić information content (AvgIpc) is 3.57. The normalized spacial score (nSPS) is 21.1. The lowest BCUT2D eigenvalue weighted by Gasteiger charge is -2.29. The van der Waals surface area contributed by atoms with Gasteiger partial charge < -0.3 is 15.2 Å². The van der Waals surface area contributed by atoms with Gasteiger partial charge in [0.25, 0.3) is 5.91 Å². The standard InChI is InChI=1S/C30H34ClFN4O5S/c1-35-27-7-3-2-6-23(27)28(34-35)29(38)33-26-15-25(32)19(14-24(26)31)13-21(37)17-42-36-12-4-5-20(36)16-41-22-10-8-18(9-11-22)30(39)40/h2-3,6-7,14-15,18,20,22H,4-5,8-13,16-17H2,1H3,(H,33,38)(H,39,40)/t18?,20-,22?/m0/s1. The van der Waals surface area contributed by atoms with Crippen molar-refractivity contribution in [1.29, 1.82) is 0 Å². The van der Waals surface area contributed by atoms with E-state index in [4.69, 9.17) is 16.3 Å². The number of rotatable bonds is 11. The van der Waals surface area contributed by atoms with Gasteiger partial charge in [-0.25, -0.2) is 8.70 Å². The summed E-state index contributed by atoms with van der Waals surface area (Å²) in [5, 5.41) is 16.9. The first-order chi connectivity index (χ1) is 20.2. The third-order valence-electron chi connectivity index (χ3n) is 8.01. The van der Waals surface area contributed by atoms with Crippen LogP contribution in [0.3, 0.4) is 0 Å². The zero-order chi connectivity index (χ0) is 29.8. The number of carbonyl (C=O) groups excluding carboxylic acids is 2. The van der Waals surface area contributed by atoms with Crippen molar-refractivity contribution < 1.29 is 28.6 Å². The second-order valence-corrected chi connectivity index (χ2v) is 12.4. The van der Waals surface area contributed by atoms with Crippen molar-refractivity contribution in [3.05, 3.63) is 58.5 Å².